The first-order valence-corrected chi connectivity index (χ1v) is 6.78. The van der Waals surface area contributed by atoms with Crippen LogP contribution in [-0.4, -0.2) is 5.16 Å². The normalized spacial score (nSPS) is 12.7. The van der Waals surface area contributed by atoms with Gasteiger partial charge in [-0.1, -0.05) is 33.2 Å². The van der Waals surface area contributed by atoms with E-state index in [-0.39, 0.29) is 0 Å². The molecule has 0 aliphatic carbocycles. The fourth-order valence-corrected chi connectivity index (χ4v) is 2.14. The third-order valence-electron chi connectivity index (χ3n) is 3.14. The van der Waals surface area contributed by atoms with Gasteiger partial charge in [-0.05, 0) is 38.5 Å². The van der Waals surface area contributed by atoms with Crippen LogP contribution in [0.25, 0.3) is 0 Å². The third kappa shape index (κ3) is 3.00. The third-order valence-corrected chi connectivity index (χ3v) is 3.66. The van der Waals surface area contributed by atoms with E-state index in [4.69, 9.17) is 4.52 Å². The Balaban J connectivity index is 2.00. The van der Waals surface area contributed by atoms with Gasteiger partial charge in [0.15, 0.2) is 0 Å². The standard InChI is InChI=1S/C14H17BrN2O/c1-9(12-4-6-13(15)7-5-12)16-8-14-10(2)17-18-11(14)3/h4-7,9,16H,8H2,1-3H3. The molecule has 96 valence electrons. The lowest BCUT2D eigenvalue weighted by Crippen LogP contribution is -2.18. The van der Waals surface area contributed by atoms with Crippen molar-refractivity contribution in [3.05, 3.63) is 51.3 Å². The summed E-state index contributed by atoms with van der Waals surface area (Å²) in [6, 6.07) is 8.66. The number of hydrogen-bond acceptors (Lipinski definition) is 3. The maximum absolute atomic E-state index is 5.15. The van der Waals surface area contributed by atoms with Gasteiger partial charge in [0.2, 0.25) is 0 Å². The Kier molecular flexibility index (Phi) is 4.19. The van der Waals surface area contributed by atoms with Gasteiger partial charge in [-0.2, -0.15) is 0 Å². The minimum absolute atomic E-state index is 0.298. The van der Waals surface area contributed by atoms with Crippen molar-refractivity contribution >= 4 is 15.9 Å². The largest absolute Gasteiger partial charge is 0.361 e. The Bertz CT molecular complexity index is 500. The number of rotatable bonds is 4. The second-order valence-electron chi connectivity index (χ2n) is 4.46. The molecule has 0 aliphatic heterocycles. The van der Waals surface area contributed by atoms with Crippen LogP contribution in [0.2, 0.25) is 0 Å². The van der Waals surface area contributed by atoms with Gasteiger partial charge in [0.25, 0.3) is 0 Å². The fourth-order valence-electron chi connectivity index (χ4n) is 1.88. The Hall–Kier alpha value is -1.13. The molecule has 2 rings (SSSR count). The Morgan fingerprint density at radius 1 is 1.28 bits per heavy atom. The van der Waals surface area contributed by atoms with Crippen molar-refractivity contribution in [2.75, 3.05) is 0 Å². The average molecular weight is 309 g/mol. The summed E-state index contributed by atoms with van der Waals surface area (Å²) in [7, 11) is 0. The van der Waals surface area contributed by atoms with Gasteiger partial charge in [0.1, 0.15) is 5.76 Å². The monoisotopic (exact) mass is 308 g/mol. The van der Waals surface area contributed by atoms with Crippen molar-refractivity contribution in [2.24, 2.45) is 0 Å². The molecule has 2 aromatic rings. The van der Waals surface area contributed by atoms with Crippen molar-refractivity contribution in [1.29, 1.82) is 0 Å². The van der Waals surface area contributed by atoms with Gasteiger partial charge in [-0.25, -0.2) is 0 Å². The molecule has 18 heavy (non-hydrogen) atoms. The molecule has 0 amide bonds. The van der Waals surface area contributed by atoms with Crippen molar-refractivity contribution in [3.63, 3.8) is 0 Å². The lowest BCUT2D eigenvalue weighted by atomic mass is 10.1. The quantitative estimate of drug-likeness (QED) is 0.930. The molecule has 3 nitrogen and oxygen atoms in total. The minimum Gasteiger partial charge on any atom is -0.361 e. The summed E-state index contributed by atoms with van der Waals surface area (Å²) in [4.78, 5) is 0. The summed E-state index contributed by atoms with van der Waals surface area (Å²) >= 11 is 3.44. The summed E-state index contributed by atoms with van der Waals surface area (Å²) in [5, 5.41) is 7.44. The smallest absolute Gasteiger partial charge is 0.138 e. The number of nitrogens with zero attached hydrogens (tertiary/aromatic N) is 1. The van der Waals surface area contributed by atoms with Gasteiger partial charge in [0.05, 0.1) is 5.69 Å². The van der Waals surface area contributed by atoms with Crippen LogP contribution in [0, 0.1) is 13.8 Å². The summed E-state index contributed by atoms with van der Waals surface area (Å²) in [6.45, 7) is 6.85. The molecule has 0 saturated carbocycles. The molecule has 1 N–H and O–H groups in total. The first kappa shape index (κ1) is 13.3. The van der Waals surface area contributed by atoms with Crippen LogP contribution in [0.15, 0.2) is 33.3 Å². The predicted octanol–water partition coefficient (Wildman–Crippen LogP) is 3.90. The van der Waals surface area contributed by atoms with E-state index in [0.717, 1.165) is 28.0 Å². The van der Waals surface area contributed by atoms with Crippen LogP contribution in [0.1, 0.15) is 35.5 Å². The number of benzene rings is 1. The van der Waals surface area contributed by atoms with Gasteiger partial charge >= 0.3 is 0 Å². The molecule has 1 aromatic heterocycles. The van der Waals surface area contributed by atoms with Crippen molar-refractivity contribution in [1.82, 2.24) is 10.5 Å². The van der Waals surface area contributed by atoms with Gasteiger partial charge < -0.3 is 9.84 Å². The molecule has 0 fully saturated rings. The van der Waals surface area contributed by atoms with E-state index >= 15 is 0 Å². The first-order valence-electron chi connectivity index (χ1n) is 5.98. The van der Waals surface area contributed by atoms with E-state index in [1.807, 2.05) is 13.8 Å². The Morgan fingerprint density at radius 3 is 2.50 bits per heavy atom. The first-order chi connectivity index (χ1) is 8.58. The van der Waals surface area contributed by atoms with E-state index in [2.05, 4.69) is 57.6 Å². The maximum atomic E-state index is 5.15. The molecule has 4 heteroatoms. The maximum Gasteiger partial charge on any atom is 0.138 e. The van der Waals surface area contributed by atoms with Crippen LogP contribution in [0.3, 0.4) is 0 Å². The molecule has 1 aromatic carbocycles. The highest BCUT2D eigenvalue weighted by Gasteiger charge is 2.11. The highest BCUT2D eigenvalue weighted by Crippen LogP contribution is 2.18. The zero-order valence-electron chi connectivity index (χ0n) is 10.8. The molecule has 0 aliphatic rings. The number of halogens is 1. The fraction of sp³-hybridized carbons (Fsp3) is 0.357. The Labute approximate surface area is 116 Å². The van der Waals surface area contributed by atoms with Gasteiger partial charge in [-0.15, -0.1) is 0 Å². The van der Waals surface area contributed by atoms with Gasteiger partial charge in [-0.3, -0.25) is 0 Å². The molecular formula is C14H17BrN2O. The summed E-state index contributed by atoms with van der Waals surface area (Å²) in [6.07, 6.45) is 0. The molecule has 0 bridgehead atoms. The summed E-state index contributed by atoms with van der Waals surface area (Å²) in [5.74, 6) is 0.892. The average Bonchev–Trinajstić information content (AvgIpc) is 2.67. The molecular weight excluding hydrogens is 292 g/mol. The van der Waals surface area contributed by atoms with Gasteiger partial charge in [0, 0.05) is 22.6 Å². The van der Waals surface area contributed by atoms with Crippen LogP contribution in [-0.2, 0) is 6.54 Å². The van der Waals surface area contributed by atoms with Crippen molar-refractivity contribution in [3.8, 4) is 0 Å². The number of hydrogen-bond donors (Lipinski definition) is 1. The molecule has 1 atom stereocenters. The second-order valence-corrected chi connectivity index (χ2v) is 5.37. The van der Waals surface area contributed by atoms with Crippen molar-refractivity contribution in [2.45, 2.75) is 33.4 Å². The molecule has 0 saturated heterocycles. The predicted molar refractivity (Wildman–Crippen MR) is 75.4 cm³/mol. The SMILES string of the molecule is Cc1noc(C)c1CNC(C)c1ccc(Br)cc1. The van der Waals surface area contributed by atoms with E-state index < -0.39 is 0 Å². The zero-order valence-corrected chi connectivity index (χ0v) is 12.4. The highest BCUT2D eigenvalue weighted by molar-refractivity contribution is 9.10. The number of aromatic nitrogens is 1. The topological polar surface area (TPSA) is 38.1 Å². The second kappa shape index (κ2) is 5.67. The van der Waals surface area contributed by atoms with Crippen LogP contribution in [0.4, 0.5) is 0 Å². The molecule has 0 spiro atoms. The lowest BCUT2D eigenvalue weighted by Gasteiger charge is -2.14. The van der Waals surface area contributed by atoms with Crippen molar-refractivity contribution < 1.29 is 4.52 Å². The van der Waals surface area contributed by atoms with Crippen LogP contribution in [0.5, 0.6) is 0 Å². The molecule has 1 heterocycles. The van der Waals surface area contributed by atoms with E-state index in [0.29, 0.717) is 6.04 Å². The van der Waals surface area contributed by atoms with Crippen LogP contribution >= 0.6 is 15.9 Å². The zero-order chi connectivity index (χ0) is 13.1. The van der Waals surface area contributed by atoms with E-state index in [1.165, 1.54) is 5.56 Å². The lowest BCUT2D eigenvalue weighted by molar-refractivity contribution is 0.391. The molecule has 0 radical (unpaired) electrons. The van der Waals surface area contributed by atoms with E-state index in [1.54, 1.807) is 0 Å². The summed E-state index contributed by atoms with van der Waals surface area (Å²) in [5.41, 5.74) is 3.38. The van der Waals surface area contributed by atoms with Crippen LogP contribution < -0.4 is 5.32 Å². The van der Waals surface area contributed by atoms with E-state index in [9.17, 15) is 0 Å². The highest BCUT2D eigenvalue weighted by atomic mass is 79.9. The minimum atomic E-state index is 0.298. The Morgan fingerprint density at radius 2 is 1.94 bits per heavy atom. The number of nitrogens with one attached hydrogen (secondary N) is 1. The number of aryl methyl sites for hydroxylation is 2. The summed E-state index contributed by atoms with van der Waals surface area (Å²) < 4.78 is 6.25. The molecule has 1 unspecified atom stereocenters.